The van der Waals surface area contributed by atoms with E-state index in [0.717, 1.165) is 5.56 Å². The van der Waals surface area contributed by atoms with Crippen molar-refractivity contribution in [2.24, 2.45) is 0 Å². The second-order valence-electron chi connectivity index (χ2n) is 6.88. The summed E-state index contributed by atoms with van der Waals surface area (Å²) in [6.07, 6.45) is -5.18. The molecule has 31 heavy (non-hydrogen) atoms. The van der Waals surface area contributed by atoms with Crippen molar-refractivity contribution in [2.45, 2.75) is 31.1 Å². The molecule has 1 aliphatic rings. The average molecular weight is 454 g/mol. The highest BCUT2D eigenvalue weighted by Gasteiger charge is 2.45. The lowest BCUT2D eigenvalue weighted by Crippen LogP contribution is -2.34. The van der Waals surface area contributed by atoms with Gasteiger partial charge in [0, 0.05) is 6.54 Å². The fourth-order valence-electron chi connectivity index (χ4n) is 3.20. The first-order chi connectivity index (χ1) is 14.7. The van der Waals surface area contributed by atoms with E-state index in [-0.39, 0.29) is 23.5 Å². The van der Waals surface area contributed by atoms with Crippen LogP contribution in [-0.2, 0) is 20.4 Å². The van der Waals surface area contributed by atoms with Gasteiger partial charge in [-0.25, -0.2) is 14.6 Å². The Labute approximate surface area is 175 Å². The lowest BCUT2D eigenvalue weighted by atomic mass is 10.1. The maximum absolute atomic E-state index is 13.6. The molecule has 0 radical (unpaired) electrons. The predicted octanol–water partition coefficient (Wildman–Crippen LogP) is 0.0736. The van der Waals surface area contributed by atoms with Gasteiger partial charge in [0.1, 0.15) is 18.3 Å². The van der Waals surface area contributed by atoms with Crippen molar-refractivity contribution >= 4 is 24.7 Å². The number of nitrogens with two attached hydrogens (primary N) is 1. The van der Waals surface area contributed by atoms with E-state index < -0.39 is 45.0 Å². The number of aliphatic hydroxyl groups excluding tert-OH is 2. The van der Waals surface area contributed by atoms with Crippen LogP contribution in [0.3, 0.4) is 0 Å². The van der Waals surface area contributed by atoms with E-state index in [9.17, 15) is 24.1 Å². The number of nitrogens with zero attached hydrogens (tertiary/aromatic N) is 4. The number of halogens is 1. The molecule has 0 spiro atoms. The smallest absolute Gasteiger partial charge is 0.387 e. The van der Waals surface area contributed by atoms with Crippen LogP contribution in [0.25, 0.3) is 11.2 Å². The molecule has 4 rings (SSSR count). The number of hydrogen-bond acceptors (Lipinski definition) is 9. The Morgan fingerprint density at radius 3 is 2.74 bits per heavy atom. The summed E-state index contributed by atoms with van der Waals surface area (Å²) < 4.78 is 37.6. The second kappa shape index (κ2) is 8.55. The van der Waals surface area contributed by atoms with Gasteiger partial charge in [-0.3, -0.25) is 9.09 Å². The van der Waals surface area contributed by atoms with Crippen molar-refractivity contribution in [2.75, 3.05) is 12.3 Å². The summed E-state index contributed by atoms with van der Waals surface area (Å²) in [6, 6.07) is 8.93. The van der Waals surface area contributed by atoms with Crippen LogP contribution in [-0.4, -0.2) is 59.5 Å². The molecule has 0 aliphatic carbocycles. The van der Waals surface area contributed by atoms with Crippen LogP contribution in [0.15, 0.2) is 36.7 Å². The fourth-order valence-corrected chi connectivity index (χ4v) is 4.02. The number of nitrogens with one attached hydrogen (secondary N) is 1. The molecular formula is C17H20FN6O6P. The Morgan fingerprint density at radius 2 is 2.00 bits per heavy atom. The summed E-state index contributed by atoms with van der Waals surface area (Å²) in [5.74, 6) is -0.195. The maximum atomic E-state index is 13.6. The number of hydrogen-bond donors (Lipinski definition) is 5. The molecular weight excluding hydrogens is 434 g/mol. The molecule has 1 saturated heterocycles. The first-order valence-corrected chi connectivity index (χ1v) is 10.8. The molecule has 5 atom stereocenters. The lowest BCUT2D eigenvalue weighted by Gasteiger charge is -2.18. The van der Waals surface area contributed by atoms with Crippen molar-refractivity contribution in [3.8, 4) is 0 Å². The van der Waals surface area contributed by atoms with Crippen molar-refractivity contribution in [1.82, 2.24) is 24.6 Å². The minimum absolute atomic E-state index is 0.0415. The van der Waals surface area contributed by atoms with Crippen LogP contribution in [0.1, 0.15) is 11.8 Å². The maximum Gasteiger partial charge on any atom is 0.403 e. The lowest BCUT2D eigenvalue weighted by molar-refractivity contribution is -0.0488. The minimum Gasteiger partial charge on any atom is -0.387 e. The van der Waals surface area contributed by atoms with Crippen LogP contribution < -0.4 is 10.8 Å². The molecule has 0 saturated carbocycles. The number of fused-ring (bicyclic) bond motifs is 1. The van der Waals surface area contributed by atoms with Gasteiger partial charge in [0.15, 0.2) is 23.2 Å². The first kappa shape index (κ1) is 21.7. The number of imidazole rings is 1. The fraction of sp³-hybridized carbons (Fsp3) is 0.353. The SMILES string of the molecule is Nc1nc(F)nc2c1ncn2[C@@H]1O[C@H](COP(=O)(O)NCc2ccccc2)C(O)[C@H]1O. The molecule has 0 bridgehead atoms. The molecule has 14 heteroatoms. The van der Waals surface area contributed by atoms with Crippen LogP contribution in [0.2, 0.25) is 0 Å². The van der Waals surface area contributed by atoms with E-state index in [1.807, 2.05) is 6.07 Å². The summed E-state index contributed by atoms with van der Waals surface area (Å²) >= 11 is 0. The van der Waals surface area contributed by atoms with Gasteiger partial charge in [-0.2, -0.15) is 14.4 Å². The summed E-state index contributed by atoms with van der Waals surface area (Å²) in [5.41, 5.74) is 6.44. The number of ether oxygens (including phenoxy) is 1. The van der Waals surface area contributed by atoms with Gasteiger partial charge in [0.05, 0.1) is 12.9 Å². The molecule has 1 fully saturated rings. The van der Waals surface area contributed by atoms with Gasteiger partial charge in [0.25, 0.3) is 0 Å². The number of benzene rings is 1. The third-order valence-corrected chi connectivity index (χ3v) is 5.83. The molecule has 1 aliphatic heterocycles. The van der Waals surface area contributed by atoms with Gasteiger partial charge in [-0.1, -0.05) is 30.3 Å². The zero-order valence-electron chi connectivity index (χ0n) is 15.9. The summed E-state index contributed by atoms with van der Waals surface area (Å²) in [5, 5.41) is 23.1. The van der Waals surface area contributed by atoms with E-state index in [4.69, 9.17) is 15.0 Å². The van der Waals surface area contributed by atoms with Crippen LogP contribution >= 0.6 is 7.75 Å². The Morgan fingerprint density at radius 1 is 1.26 bits per heavy atom. The molecule has 2 aromatic heterocycles. The van der Waals surface area contributed by atoms with Crippen molar-refractivity contribution in [3.63, 3.8) is 0 Å². The highest BCUT2D eigenvalue weighted by Crippen LogP contribution is 2.39. The Balaban J connectivity index is 1.43. The summed E-state index contributed by atoms with van der Waals surface area (Å²) in [6.45, 7) is -0.413. The Hall–Kier alpha value is -2.51. The van der Waals surface area contributed by atoms with Crippen LogP contribution in [0.4, 0.5) is 10.2 Å². The summed E-state index contributed by atoms with van der Waals surface area (Å²) in [7, 11) is -4.22. The summed E-state index contributed by atoms with van der Waals surface area (Å²) in [4.78, 5) is 20.9. The molecule has 0 amide bonds. The van der Waals surface area contributed by atoms with E-state index in [2.05, 4.69) is 20.0 Å². The largest absolute Gasteiger partial charge is 0.403 e. The van der Waals surface area contributed by atoms with Gasteiger partial charge in [-0.15, -0.1) is 0 Å². The monoisotopic (exact) mass is 454 g/mol. The number of anilines is 1. The average Bonchev–Trinajstić information content (AvgIpc) is 3.27. The Kier molecular flexibility index (Phi) is 5.99. The van der Waals surface area contributed by atoms with Gasteiger partial charge >= 0.3 is 13.8 Å². The molecule has 2 unspecified atom stereocenters. The highest BCUT2D eigenvalue weighted by atomic mass is 31.2. The molecule has 6 N–H and O–H groups in total. The topological polar surface area (TPSA) is 178 Å². The number of aromatic nitrogens is 4. The standard InChI is InChI=1S/C17H20FN6O6P/c18-17-22-14(19)11-15(23-17)24(8-20-11)16-13(26)12(25)10(30-16)7-29-31(27,28)21-6-9-4-2-1-3-5-9/h1-5,8,10,12-13,16,25-26H,6-7H2,(H2,19,22,23)(H2,21,27,28)/t10-,12?,13-,16-/m1/s1. The molecule has 3 aromatic rings. The van der Waals surface area contributed by atoms with Crippen LogP contribution in [0, 0.1) is 6.08 Å². The third kappa shape index (κ3) is 4.57. The van der Waals surface area contributed by atoms with E-state index in [0.29, 0.717) is 0 Å². The first-order valence-electron chi connectivity index (χ1n) is 9.19. The normalized spacial score (nSPS) is 25.7. The quantitative estimate of drug-likeness (QED) is 0.241. The number of nitrogen functional groups attached to an aromatic ring is 1. The molecule has 12 nitrogen and oxygen atoms in total. The highest BCUT2D eigenvalue weighted by molar-refractivity contribution is 7.50. The zero-order valence-corrected chi connectivity index (χ0v) is 16.8. The molecule has 3 heterocycles. The Bertz CT molecular complexity index is 1120. The molecule has 1 aromatic carbocycles. The predicted molar refractivity (Wildman–Crippen MR) is 105 cm³/mol. The zero-order chi connectivity index (χ0) is 22.2. The second-order valence-corrected chi connectivity index (χ2v) is 8.50. The van der Waals surface area contributed by atoms with E-state index in [1.54, 1.807) is 24.3 Å². The third-order valence-electron chi connectivity index (χ3n) is 4.77. The molecule has 166 valence electrons. The van der Waals surface area contributed by atoms with E-state index in [1.165, 1.54) is 10.9 Å². The van der Waals surface area contributed by atoms with Crippen LogP contribution in [0.5, 0.6) is 0 Å². The number of aliphatic hydroxyl groups is 2. The van der Waals surface area contributed by atoms with E-state index >= 15 is 0 Å². The van der Waals surface area contributed by atoms with Gasteiger partial charge in [-0.05, 0) is 5.56 Å². The minimum atomic E-state index is -4.22. The number of rotatable bonds is 7. The van der Waals surface area contributed by atoms with Crippen molar-refractivity contribution < 1.29 is 33.3 Å². The van der Waals surface area contributed by atoms with Crippen molar-refractivity contribution in [3.05, 3.63) is 48.3 Å². The van der Waals surface area contributed by atoms with Crippen molar-refractivity contribution in [1.29, 1.82) is 0 Å². The van der Waals surface area contributed by atoms with Gasteiger partial charge in [0.2, 0.25) is 0 Å². The van der Waals surface area contributed by atoms with Gasteiger partial charge < -0.3 is 25.6 Å².